The molecule has 4 unspecified atom stereocenters. The number of phenolic OH excluding ortho intramolecular Hbond substituents is 1. The van der Waals surface area contributed by atoms with E-state index in [-0.39, 0.29) is 51.5 Å². The third kappa shape index (κ3) is 3.35. The van der Waals surface area contributed by atoms with Crippen molar-refractivity contribution in [1.82, 2.24) is 4.90 Å². The molecule has 1 heterocycles. The summed E-state index contributed by atoms with van der Waals surface area (Å²) < 4.78 is 5.72. The van der Waals surface area contributed by atoms with Crippen LogP contribution >= 0.6 is 31.9 Å². The molecule has 4 amide bonds. The van der Waals surface area contributed by atoms with Crippen LogP contribution in [-0.2, 0) is 19.2 Å². The number of ketones is 2. The molecule has 1 aromatic carbocycles. The van der Waals surface area contributed by atoms with Crippen LogP contribution in [-0.4, -0.2) is 46.5 Å². The summed E-state index contributed by atoms with van der Waals surface area (Å²) in [6.07, 6.45) is 3.29. The summed E-state index contributed by atoms with van der Waals surface area (Å²) in [5.74, 6) is -5.04. The number of urea groups is 1. The smallest absolute Gasteiger partial charge is 0.328 e. The van der Waals surface area contributed by atoms with Crippen LogP contribution in [0.3, 0.4) is 0 Å². The first-order valence-electron chi connectivity index (χ1n) is 10.7. The van der Waals surface area contributed by atoms with Gasteiger partial charge in [-0.3, -0.25) is 19.2 Å². The molecule has 0 saturated carbocycles. The van der Waals surface area contributed by atoms with Crippen LogP contribution in [0.15, 0.2) is 50.0 Å². The number of hydrogen-bond donors (Lipinski definition) is 2. The van der Waals surface area contributed by atoms with Gasteiger partial charge in [-0.15, -0.1) is 0 Å². The zero-order chi connectivity index (χ0) is 25.3. The number of rotatable bonds is 2. The first kappa shape index (κ1) is 23.7. The predicted octanol–water partition coefficient (Wildman–Crippen LogP) is 3.00. The molecule has 5 rings (SSSR count). The van der Waals surface area contributed by atoms with Crippen LogP contribution < -0.4 is 10.5 Å². The number of primary amides is 1. The Labute approximate surface area is 215 Å². The van der Waals surface area contributed by atoms with Crippen LogP contribution in [0, 0.1) is 17.8 Å². The minimum atomic E-state index is -1.13. The zero-order valence-corrected chi connectivity index (χ0v) is 21.4. The standard InChI is InChI=1S/C24H18Br2N2O7/c1-35-16-5-8(4-13(25)21(16)31)17-9-2-3-10-18(23(33)28(22(10)32)24(27)34)11(9)6-12-19(17)15(29)7-14(26)20(12)30/h2,4-5,7,10-11,17-18,31H,3,6H2,1H3,(H2,27,34). The molecule has 1 fully saturated rings. The van der Waals surface area contributed by atoms with Crippen molar-refractivity contribution in [1.29, 1.82) is 0 Å². The summed E-state index contributed by atoms with van der Waals surface area (Å²) in [4.78, 5) is 64.7. The highest BCUT2D eigenvalue weighted by molar-refractivity contribution is 9.12. The minimum Gasteiger partial charge on any atom is -0.503 e. The monoisotopic (exact) mass is 604 g/mol. The number of methoxy groups -OCH3 is 1. The lowest BCUT2D eigenvalue weighted by Gasteiger charge is -2.42. The number of hydrogen-bond acceptors (Lipinski definition) is 7. The Morgan fingerprint density at radius 1 is 1.14 bits per heavy atom. The molecular formula is C24H18Br2N2O7. The maximum absolute atomic E-state index is 13.2. The summed E-state index contributed by atoms with van der Waals surface area (Å²) in [6.45, 7) is 0. The van der Waals surface area contributed by atoms with Gasteiger partial charge in [-0.1, -0.05) is 11.6 Å². The molecule has 0 aromatic heterocycles. The van der Waals surface area contributed by atoms with Crippen LogP contribution in [0.2, 0.25) is 0 Å². The van der Waals surface area contributed by atoms with E-state index < -0.39 is 41.5 Å². The Bertz CT molecular complexity index is 1360. The van der Waals surface area contributed by atoms with E-state index in [4.69, 9.17) is 10.5 Å². The number of ether oxygens (including phenoxy) is 1. The Morgan fingerprint density at radius 3 is 2.51 bits per heavy atom. The fourth-order valence-electron chi connectivity index (χ4n) is 5.72. The van der Waals surface area contributed by atoms with E-state index in [0.717, 1.165) is 0 Å². The Morgan fingerprint density at radius 2 is 1.86 bits per heavy atom. The van der Waals surface area contributed by atoms with Crippen molar-refractivity contribution >= 4 is 61.3 Å². The number of carbonyl (C=O) groups excluding carboxylic acids is 5. The third-order valence-electron chi connectivity index (χ3n) is 7.16. The molecule has 3 aliphatic carbocycles. The SMILES string of the molecule is COc1cc(C2C3=CCC4C(=O)N(C(N)=O)C(=O)C4C3CC3=C2C(=O)C=C(Br)C3=O)cc(Br)c1O. The Kier molecular flexibility index (Phi) is 5.59. The van der Waals surface area contributed by atoms with E-state index in [0.29, 0.717) is 20.5 Å². The number of likely N-dealkylation sites (tertiary alicyclic amines) is 1. The number of nitrogens with zero attached hydrogens (tertiary/aromatic N) is 1. The first-order valence-corrected chi connectivity index (χ1v) is 12.3. The van der Waals surface area contributed by atoms with Gasteiger partial charge >= 0.3 is 6.03 Å². The average molecular weight is 606 g/mol. The topological polar surface area (TPSA) is 144 Å². The molecule has 11 heteroatoms. The van der Waals surface area contributed by atoms with Crippen molar-refractivity contribution in [3.8, 4) is 11.5 Å². The molecule has 0 bridgehead atoms. The zero-order valence-electron chi connectivity index (χ0n) is 18.2. The van der Waals surface area contributed by atoms with E-state index in [9.17, 15) is 29.1 Å². The van der Waals surface area contributed by atoms with Gasteiger partial charge in [-0.05, 0) is 68.3 Å². The highest BCUT2D eigenvalue weighted by Gasteiger charge is 2.57. The number of aromatic hydroxyl groups is 1. The molecular weight excluding hydrogens is 588 g/mol. The molecule has 180 valence electrons. The average Bonchev–Trinajstić information content (AvgIpc) is 3.08. The van der Waals surface area contributed by atoms with Gasteiger partial charge < -0.3 is 15.6 Å². The van der Waals surface area contributed by atoms with Crippen molar-refractivity contribution in [2.45, 2.75) is 18.8 Å². The van der Waals surface area contributed by atoms with Crippen molar-refractivity contribution in [2.24, 2.45) is 23.5 Å². The summed E-state index contributed by atoms with van der Waals surface area (Å²) in [5.41, 5.74) is 7.10. The van der Waals surface area contributed by atoms with E-state index in [2.05, 4.69) is 31.9 Å². The second-order valence-electron chi connectivity index (χ2n) is 8.80. The molecule has 0 radical (unpaired) electrons. The third-order valence-corrected chi connectivity index (χ3v) is 8.35. The summed E-state index contributed by atoms with van der Waals surface area (Å²) >= 11 is 6.47. The first-order chi connectivity index (χ1) is 16.6. The van der Waals surface area contributed by atoms with Crippen LogP contribution in [0.4, 0.5) is 4.79 Å². The van der Waals surface area contributed by atoms with Gasteiger partial charge in [0.25, 0.3) is 0 Å². The van der Waals surface area contributed by atoms with E-state index >= 15 is 0 Å². The second kappa shape index (κ2) is 8.27. The number of benzene rings is 1. The Balaban J connectivity index is 1.73. The molecule has 0 spiro atoms. The van der Waals surface area contributed by atoms with E-state index in [1.165, 1.54) is 13.2 Å². The summed E-state index contributed by atoms with van der Waals surface area (Å²) in [5, 5.41) is 10.3. The fraction of sp³-hybridized carbons (Fsp3) is 0.292. The van der Waals surface area contributed by atoms with Gasteiger partial charge in [-0.25, -0.2) is 4.79 Å². The molecule has 9 nitrogen and oxygen atoms in total. The fourth-order valence-corrected chi connectivity index (χ4v) is 6.63. The van der Waals surface area contributed by atoms with Crippen molar-refractivity contribution in [2.75, 3.05) is 7.11 Å². The number of allylic oxidation sites excluding steroid dienone is 6. The van der Waals surface area contributed by atoms with Gasteiger partial charge in [0.15, 0.2) is 23.1 Å². The molecule has 35 heavy (non-hydrogen) atoms. The predicted molar refractivity (Wildman–Crippen MR) is 128 cm³/mol. The summed E-state index contributed by atoms with van der Waals surface area (Å²) in [7, 11) is 1.39. The van der Waals surface area contributed by atoms with Gasteiger partial charge in [0, 0.05) is 23.1 Å². The number of imide groups is 3. The lowest BCUT2D eigenvalue weighted by Crippen LogP contribution is -2.42. The number of nitrogens with two attached hydrogens (primary N) is 1. The number of halogens is 2. The molecule has 1 aliphatic heterocycles. The molecule has 4 aliphatic rings. The molecule has 1 aromatic rings. The number of fused-ring (bicyclic) bond motifs is 3. The maximum atomic E-state index is 13.2. The van der Waals surface area contributed by atoms with Gasteiger partial charge in [0.1, 0.15) is 0 Å². The quantitative estimate of drug-likeness (QED) is 0.299. The minimum absolute atomic E-state index is 0.0638. The van der Waals surface area contributed by atoms with E-state index in [1.807, 2.05) is 6.08 Å². The summed E-state index contributed by atoms with van der Waals surface area (Å²) in [6, 6.07) is 2.07. The Hall–Kier alpha value is -3.05. The van der Waals surface area contributed by atoms with Crippen LogP contribution in [0.1, 0.15) is 24.3 Å². The highest BCUT2D eigenvalue weighted by atomic mass is 79.9. The maximum Gasteiger partial charge on any atom is 0.328 e. The number of amides is 4. The molecule has 1 saturated heterocycles. The largest absolute Gasteiger partial charge is 0.503 e. The lowest BCUT2D eigenvalue weighted by molar-refractivity contribution is -0.136. The van der Waals surface area contributed by atoms with Crippen LogP contribution in [0.5, 0.6) is 11.5 Å². The highest BCUT2D eigenvalue weighted by Crippen LogP contribution is 2.56. The van der Waals surface area contributed by atoms with Crippen molar-refractivity contribution < 1.29 is 33.8 Å². The van der Waals surface area contributed by atoms with Gasteiger partial charge in [-0.2, -0.15) is 4.90 Å². The molecule has 3 N–H and O–H groups in total. The van der Waals surface area contributed by atoms with Gasteiger partial charge in [0.2, 0.25) is 11.8 Å². The lowest BCUT2D eigenvalue weighted by atomic mass is 9.59. The number of carbonyl (C=O) groups is 5. The number of phenols is 1. The van der Waals surface area contributed by atoms with E-state index in [1.54, 1.807) is 12.1 Å². The van der Waals surface area contributed by atoms with Crippen LogP contribution in [0.25, 0.3) is 0 Å². The molecule has 4 atom stereocenters. The second-order valence-corrected chi connectivity index (χ2v) is 10.5. The van der Waals surface area contributed by atoms with Gasteiger partial charge in [0.05, 0.1) is 27.9 Å². The van der Waals surface area contributed by atoms with Crippen molar-refractivity contribution in [3.05, 3.63) is 55.5 Å². The van der Waals surface area contributed by atoms with Crippen molar-refractivity contribution in [3.63, 3.8) is 0 Å². The number of Topliss-reactive ketones (excluding diaryl/α,β-unsaturated/α-hetero) is 1. The normalized spacial score (nSPS) is 27.8.